The van der Waals surface area contributed by atoms with Crippen LogP contribution in [0.2, 0.25) is 0 Å². The normalized spacial score (nSPS) is 18.7. The smallest absolute Gasteiger partial charge is 0.316 e. The number of aromatic nitrogens is 2. The summed E-state index contributed by atoms with van der Waals surface area (Å²) in [5, 5.41) is 13.0. The second-order valence-corrected chi connectivity index (χ2v) is 6.16. The molecule has 100 valence electrons. The van der Waals surface area contributed by atoms with Crippen molar-refractivity contribution in [1.82, 2.24) is 9.78 Å². The molecule has 0 aliphatic heterocycles. The Hall–Kier alpha value is -1.17. The van der Waals surface area contributed by atoms with Gasteiger partial charge < -0.3 is 5.11 Å². The van der Waals surface area contributed by atoms with Crippen molar-refractivity contribution in [3.05, 3.63) is 18.0 Å². The third-order valence-electron chi connectivity index (χ3n) is 3.21. The molecule has 1 aromatic heterocycles. The molecule has 1 unspecified atom stereocenters. The fraction of sp³-hybridized carbons (Fsp3) is 0.667. The SMILES string of the molecule is O=C(O)CS(=O)Cc1ccn(C2CCCCC2)n1. The molecule has 18 heavy (non-hydrogen) atoms. The zero-order valence-corrected chi connectivity index (χ0v) is 11.1. The highest BCUT2D eigenvalue weighted by molar-refractivity contribution is 7.84. The Bertz CT molecular complexity index is 438. The maximum Gasteiger partial charge on any atom is 0.316 e. The van der Waals surface area contributed by atoms with Crippen molar-refractivity contribution in [3.63, 3.8) is 0 Å². The van der Waals surface area contributed by atoms with E-state index in [2.05, 4.69) is 5.10 Å². The van der Waals surface area contributed by atoms with Gasteiger partial charge in [-0.15, -0.1) is 0 Å². The van der Waals surface area contributed by atoms with Gasteiger partial charge in [0.2, 0.25) is 0 Å². The third kappa shape index (κ3) is 3.66. The van der Waals surface area contributed by atoms with Gasteiger partial charge in [-0.3, -0.25) is 13.7 Å². The summed E-state index contributed by atoms with van der Waals surface area (Å²) in [6.45, 7) is 0. The van der Waals surface area contributed by atoms with Gasteiger partial charge in [-0.25, -0.2) is 0 Å². The summed E-state index contributed by atoms with van der Waals surface area (Å²) >= 11 is 0. The first-order valence-electron chi connectivity index (χ1n) is 6.26. The molecule has 1 aliphatic rings. The molecule has 5 nitrogen and oxygen atoms in total. The summed E-state index contributed by atoms with van der Waals surface area (Å²) in [7, 11) is -1.37. The van der Waals surface area contributed by atoms with Crippen molar-refractivity contribution in [2.45, 2.75) is 43.9 Å². The van der Waals surface area contributed by atoms with Crippen LogP contribution in [0.25, 0.3) is 0 Å². The van der Waals surface area contributed by atoms with E-state index in [-0.39, 0.29) is 11.5 Å². The van der Waals surface area contributed by atoms with Gasteiger partial charge in [-0.05, 0) is 18.9 Å². The lowest BCUT2D eigenvalue weighted by Gasteiger charge is -2.21. The molecule has 1 N–H and O–H groups in total. The van der Waals surface area contributed by atoms with E-state index in [0.29, 0.717) is 6.04 Å². The van der Waals surface area contributed by atoms with Crippen molar-refractivity contribution in [3.8, 4) is 0 Å². The number of aliphatic carboxylic acids is 1. The maximum absolute atomic E-state index is 11.5. The van der Waals surface area contributed by atoms with Crippen molar-refractivity contribution in [2.24, 2.45) is 0 Å². The average molecular weight is 270 g/mol. The van der Waals surface area contributed by atoms with Crippen LogP contribution in [0.1, 0.15) is 43.8 Å². The van der Waals surface area contributed by atoms with E-state index >= 15 is 0 Å². The van der Waals surface area contributed by atoms with E-state index in [1.807, 2.05) is 16.9 Å². The van der Waals surface area contributed by atoms with Crippen LogP contribution in [-0.4, -0.2) is 30.8 Å². The topological polar surface area (TPSA) is 72.2 Å². The first-order valence-corrected chi connectivity index (χ1v) is 7.75. The standard InChI is InChI=1S/C12H18N2O3S/c15-12(16)9-18(17)8-10-6-7-14(13-10)11-4-2-1-3-5-11/h6-7,11H,1-5,8-9H2,(H,15,16). The summed E-state index contributed by atoms with van der Waals surface area (Å²) in [6.07, 6.45) is 8.00. The molecule has 1 aromatic rings. The molecule has 1 saturated carbocycles. The van der Waals surface area contributed by atoms with Crippen LogP contribution in [0.5, 0.6) is 0 Å². The lowest BCUT2D eigenvalue weighted by molar-refractivity contribution is -0.133. The number of nitrogens with zero attached hydrogens (tertiary/aromatic N) is 2. The van der Waals surface area contributed by atoms with Gasteiger partial charge in [0.1, 0.15) is 5.75 Å². The molecule has 6 heteroatoms. The van der Waals surface area contributed by atoms with Gasteiger partial charge in [0.25, 0.3) is 0 Å². The monoisotopic (exact) mass is 270 g/mol. The quantitative estimate of drug-likeness (QED) is 0.884. The Morgan fingerprint density at radius 1 is 1.44 bits per heavy atom. The molecule has 0 radical (unpaired) electrons. The summed E-state index contributed by atoms with van der Waals surface area (Å²) in [6, 6.07) is 2.30. The predicted molar refractivity (Wildman–Crippen MR) is 68.7 cm³/mol. The molecule has 1 aliphatic carbocycles. The molecule has 1 atom stereocenters. The van der Waals surface area contributed by atoms with Gasteiger partial charge in [-0.1, -0.05) is 19.3 Å². The van der Waals surface area contributed by atoms with E-state index in [4.69, 9.17) is 5.11 Å². The van der Waals surface area contributed by atoms with E-state index in [0.717, 1.165) is 18.5 Å². The molecule has 0 bridgehead atoms. The van der Waals surface area contributed by atoms with Gasteiger partial charge in [0.05, 0.1) is 17.5 Å². The van der Waals surface area contributed by atoms with Gasteiger partial charge in [-0.2, -0.15) is 5.10 Å². The Balaban J connectivity index is 1.93. The van der Waals surface area contributed by atoms with Crippen LogP contribution < -0.4 is 0 Å². The highest BCUT2D eigenvalue weighted by Gasteiger charge is 2.16. The van der Waals surface area contributed by atoms with Gasteiger partial charge in [0.15, 0.2) is 0 Å². The van der Waals surface area contributed by atoms with Crippen LogP contribution >= 0.6 is 0 Å². The summed E-state index contributed by atoms with van der Waals surface area (Å²) in [5.74, 6) is -1.11. The van der Waals surface area contributed by atoms with Crippen molar-refractivity contribution < 1.29 is 14.1 Å². The lowest BCUT2D eigenvalue weighted by atomic mass is 9.96. The summed E-state index contributed by atoms with van der Waals surface area (Å²) in [5.41, 5.74) is 0.722. The minimum atomic E-state index is -1.37. The third-order valence-corrected chi connectivity index (χ3v) is 4.39. The van der Waals surface area contributed by atoms with Crippen LogP contribution in [0.3, 0.4) is 0 Å². The first-order chi connectivity index (χ1) is 8.65. The summed E-state index contributed by atoms with van der Waals surface area (Å²) < 4.78 is 13.4. The van der Waals surface area contributed by atoms with Gasteiger partial charge >= 0.3 is 5.97 Å². The zero-order valence-electron chi connectivity index (χ0n) is 10.2. The minimum Gasteiger partial charge on any atom is -0.481 e. The van der Waals surface area contributed by atoms with E-state index < -0.39 is 16.8 Å². The molecule has 0 amide bonds. The Morgan fingerprint density at radius 2 is 2.17 bits per heavy atom. The number of carbonyl (C=O) groups is 1. The molecule has 0 spiro atoms. The highest BCUT2D eigenvalue weighted by Crippen LogP contribution is 2.27. The fourth-order valence-corrected chi connectivity index (χ4v) is 3.22. The Morgan fingerprint density at radius 3 is 2.83 bits per heavy atom. The number of rotatable bonds is 5. The van der Waals surface area contributed by atoms with E-state index in [9.17, 15) is 9.00 Å². The lowest BCUT2D eigenvalue weighted by Crippen LogP contribution is -2.14. The van der Waals surface area contributed by atoms with Crippen LogP contribution in [0, 0.1) is 0 Å². The minimum absolute atomic E-state index is 0.228. The molecular weight excluding hydrogens is 252 g/mol. The molecule has 0 saturated heterocycles. The van der Waals surface area contributed by atoms with Gasteiger partial charge in [0, 0.05) is 17.0 Å². The summed E-state index contributed by atoms with van der Waals surface area (Å²) in [4.78, 5) is 10.4. The first kappa shape index (κ1) is 13.3. The number of hydrogen-bond acceptors (Lipinski definition) is 3. The van der Waals surface area contributed by atoms with E-state index in [1.165, 1.54) is 19.3 Å². The van der Waals surface area contributed by atoms with E-state index in [1.54, 1.807) is 0 Å². The zero-order chi connectivity index (χ0) is 13.0. The second kappa shape index (κ2) is 6.13. The maximum atomic E-state index is 11.5. The number of carboxylic acids is 1. The number of carboxylic acid groups (broad SMARTS) is 1. The average Bonchev–Trinajstić information content (AvgIpc) is 2.77. The fourth-order valence-electron chi connectivity index (χ4n) is 2.36. The predicted octanol–water partition coefficient (Wildman–Crippen LogP) is 1.72. The molecular formula is C12H18N2O3S. The largest absolute Gasteiger partial charge is 0.481 e. The Kier molecular flexibility index (Phi) is 4.52. The Labute approximate surface area is 109 Å². The van der Waals surface area contributed by atoms with Crippen LogP contribution in [0.4, 0.5) is 0 Å². The second-order valence-electron chi connectivity index (χ2n) is 4.70. The highest BCUT2D eigenvalue weighted by atomic mass is 32.2. The molecule has 1 heterocycles. The molecule has 2 rings (SSSR count). The molecule has 1 fully saturated rings. The van der Waals surface area contributed by atoms with Crippen molar-refractivity contribution in [2.75, 3.05) is 5.75 Å². The van der Waals surface area contributed by atoms with Crippen LogP contribution in [0.15, 0.2) is 12.3 Å². The van der Waals surface area contributed by atoms with Crippen molar-refractivity contribution >= 4 is 16.8 Å². The molecule has 0 aromatic carbocycles. The van der Waals surface area contributed by atoms with Crippen molar-refractivity contribution in [1.29, 1.82) is 0 Å². The van der Waals surface area contributed by atoms with Crippen LogP contribution in [-0.2, 0) is 21.3 Å². The number of hydrogen-bond donors (Lipinski definition) is 1.